The monoisotopic (exact) mass is 369 g/mol. The topological polar surface area (TPSA) is 70.6 Å². The van der Waals surface area contributed by atoms with Crippen LogP contribution in [0, 0.1) is 13.8 Å². The molecule has 0 atom stereocenters. The lowest BCUT2D eigenvalue weighted by molar-refractivity contribution is -0.133. The van der Waals surface area contributed by atoms with Crippen molar-refractivity contribution in [2.24, 2.45) is 0 Å². The molecule has 1 N–H and O–H groups in total. The molecule has 2 aromatic rings. The number of benzene rings is 1. The fourth-order valence-electron chi connectivity index (χ4n) is 3.12. The van der Waals surface area contributed by atoms with Crippen LogP contribution in [-0.4, -0.2) is 60.1 Å². The summed E-state index contributed by atoms with van der Waals surface area (Å²) >= 11 is 0. The molecule has 0 saturated carbocycles. The van der Waals surface area contributed by atoms with Crippen LogP contribution in [0.5, 0.6) is 5.75 Å². The maximum atomic E-state index is 12.5. The minimum Gasteiger partial charge on any atom is -0.484 e. The third kappa shape index (κ3) is 4.87. The number of carbonyl (C=O) groups is 1. The van der Waals surface area contributed by atoms with E-state index in [4.69, 9.17) is 4.74 Å². The Balaban J connectivity index is 1.54. The second-order valence-electron chi connectivity index (χ2n) is 6.61. The molecule has 1 saturated heterocycles. The zero-order valence-corrected chi connectivity index (χ0v) is 16.2. The molecule has 2 heterocycles. The Morgan fingerprint density at radius 3 is 2.59 bits per heavy atom. The van der Waals surface area contributed by atoms with E-state index in [2.05, 4.69) is 20.2 Å². The van der Waals surface area contributed by atoms with E-state index in [1.165, 1.54) is 0 Å². The van der Waals surface area contributed by atoms with Gasteiger partial charge in [-0.3, -0.25) is 4.79 Å². The van der Waals surface area contributed by atoms with Crippen molar-refractivity contribution >= 4 is 17.5 Å². The van der Waals surface area contributed by atoms with Crippen molar-refractivity contribution in [3.05, 3.63) is 41.7 Å². The van der Waals surface area contributed by atoms with Crippen molar-refractivity contribution < 1.29 is 9.53 Å². The van der Waals surface area contributed by atoms with Crippen molar-refractivity contribution in [3.63, 3.8) is 0 Å². The van der Waals surface area contributed by atoms with E-state index < -0.39 is 0 Å². The van der Waals surface area contributed by atoms with Crippen LogP contribution in [0.25, 0.3) is 0 Å². The lowest BCUT2D eigenvalue weighted by atomic mass is 10.2. The summed E-state index contributed by atoms with van der Waals surface area (Å²) in [6.45, 7) is 9.62. The summed E-state index contributed by atoms with van der Waals surface area (Å²) in [7, 11) is 0. The smallest absolute Gasteiger partial charge is 0.260 e. The minimum atomic E-state index is 0.0186. The second-order valence-corrected chi connectivity index (χ2v) is 6.61. The summed E-state index contributed by atoms with van der Waals surface area (Å²) < 4.78 is 5.69. The van der Waals surface area contributed by atoms with Crippen LogP contribution in [0.2, 0.25) is 0 Å². The number of anilines is 2. The maximum absolute atomic E-state index is 12.5. The number of nitrogens with one attached hydrogen (secondary N) is 1. The van der Waals surface area contributed by atoms with Crippen molar-refractivity contribution in [1.82, 2.24) is 14.9 Å². The number of para-hydroxylation sites is 1. The molecule has 0 unspecified atom stereocenters. The maximum Gasteiger partial charge on any atom is 0.260 e. The largest absolute Gasteiger partial charge is 0.484 e. The number of nitrogens with zero attached hydrogens (tertiary/aromatic N) is 4. The number of ether oxygens (including phenoxy) is 1. The summed E-state index contributed by atoms with van der Waals surface area (Å²) in [5.41, 5.74) is 1.03. The van der Waals surface area contributed by atoms with E-state index in [1.54, 1.807) is 0 Å². The van der Waals surface area contributed by atoms with Gasteiger partial charge in [0.15, 0.2) is 6.61 Å². The number of hydrogen-bond acceptors (Lipinski definition) is 6. The molecule has 7 nitrogen and oxygen atoms in total. The van der Waals surface area contributed by atoms with Crippen LogP contribution >= 0.6 is 0 Å². The molecule has 1 aromatic carbocycles. The zero-order valence-electron chi connectivity index (χ0n) is 16.2. The van der Waals surface area contributed by atoms with Gasteiger partial charge in [-0.2, -0.15) is 0 Å². The molecular formula is C20H27N5O2. The number of piperazine rings is 1. The average molecular weight is 369 g/mol. The van der Waals surface area contributed by atoms with Crippen LogP contribution in [0.15, 0.2) is 30.3 Å². The predicted molar refractivity (Wildman–Crippen MR) is 106 cm³/mol. The van der Waals surface area contributed by atoms with E-state index in [9.17, 15) is 4.79 Å². The Bertz CT molecular complexity index is 788. The number of aromatic nitrogens is 2. The summed E-state index contributed by atoms with van der Waals surface area (Å²) in [5.74, 6) is 3.27. The number of rotatable bonds is 6. The first-order chi connectivity index (χ1) is 13.1. The fourth-order valence-corrected chi connectivity index (χ4v) is 3.12. The Morgan fingerprint density at radius 1 is 1.15 bits per heavy atom. The molecule has 0 bridgehead atoms. The average Bonchev–Trinajstić information content (AvgIpc) is 2.67. The molecule has 1 aromatic heterocycles. The van der Waals surface area contributed by atoms with Gasteiger partial charge in [-0.15, -0.1) is 0 Å². The minimum absolute atomic E-state index is 0.0186. The summed E-state index contributed by atoms with van der Waals surface area (Å²) in [6, 6.07) is 9.70. The Labute approximate surface area is 160 Å². The van der Waals surface area contributed by atoms with Crippen LogP contribution in [0.3, 0.4) is 0 Å². The highest BCUT2D eigenvalue weighted by Crippen LogP contribution is 2.19. The molecule has 7 heteroatoms. The van der Waals surface area contributed by atoms with Crippen molar-refractivity contribution in [3.8, 4) is 5.75 Å². The molecule has 1 amide bonds. The van der Waals surface area contributed by atoms with E-state index >= 15 is 0 Å². The van der Waals surface area contributed by atoms with Gasteiger partial charge in [-0.05, 0) is 32.4 Å². The van der Waals surface area contributed by atoms with E-state index in [0.717, 1.165) is 48.4 Å². The molecule has 1 fully saturated rings. The van der Waals surface area contributed by atoms with Gasteiger partial charge in [0.05, 0.1) is 0 Å². The van der Waals surface area contributed by atoms with Crippen molar-refractivity contribution in [2.75, 3.05) is 49.5 Å². The molecule has 144 valence electrons. The van der Waals surface area contributed by atoms with Gasteiger partial charge in [0.2, 0.25) is 0 Å². The molecule has 0 spiro atoms. The highest BCUT2D eigenvalue weighted by atomic mass is 16.5. The van der Waals surface area contributed by atoms with E-state index in [-0.39, 0.29) is 12.5 Å². The van der Waals surface area contributed by atoms with Gasteiger partial charge in [-0.1, -0.05) is 18.2 Å². The Kier molecular flexibility index (Phi) is 6.11. The van der Waals surface area contributed by atoms with Gasteiger partial charge < -0.3 is 19.9 Å². The van der Waals surface area contributed by atoms with E-state index in [0.29, 0.717) is 13.1 Å². The van der Waals surface area contributed by atoms with Crippen LogP contribution in [0.1, 0.15) is 18.3 Å². The molecule has 1 aliphatic rings. The number of hydrogen-bond donors (Lipinski definition) is 1. The van der Waals surface area contributed by atoms with Crippen molar-refractivity contribution in [2.45, 2.75) is 20.8 Å². The van der Waals surface area contributed by atoms with Crippen LogP contribution < -0.4 is 15.0 Å². The summed E-state index contributed by atoms with van der Waals surface area (Å²) in [4.78, 5) is 25.5. The van der Waals surface area contributed by atoms with Gasteiger partial charge >= 0.3 is 0 Å². The third-order valence-electron chi connectivity index (χ3n) is 4.58. The van der Waals surface area contributed by atoms with Gasteiger partial charge in [0, 0.05) is 38.8 Å². The molecular weight excluding hydrogens is 342 g/mol. The first-order valence-corrected chi connectivity index (χ1v) is 9.37. The molecule has 0 aliphatic carbocycles. The first-order valence-electron chi connectivity index (χ1n) is 9.37. The Morgan fingerprint density at radius 2 is 1.89 bits per heavy atom. The lowest BCUT2D eigenvalue weighted by Gasteiger charge is -2.35. The normalized spacial score (nSPS) is 14.2. The Hall–Kier alpha value is -2.83. The van der Waals surface area contributed by atoms with Crippen LogP contribution in [0.4, 0.5) is 11.6 Å². The van der Waals surface area contributed by atoms with Crippen molar-refractivity contribution in [1.29, 1.82) is 0 Å². The highest BCUT2D eigenvalue weighted by molar-refractivity contribution is 5.78. The predicted octanol–water partition coefficient (Wildman–Crippen LogP) is 2.25. The van der Waals surface area contributed by atoms with Gasteiger partial charge in [-0.25, -0.2) is 9.97 Å². The third-order valence-corrected chi connectivity index (χ3v) is 4.58. The number of amides is 1. The quantitative estimate of drug-likeness (QED) is 0.842. The van der Waals surface area contributed by atoms with Gasteiger partial charge in [0.25, 0.3) is 5.91 Å². The molecule has 1 aliphatic heterocycles. The molecule has 0 radical (unpaired) electrons. The van der Waals surface area contributed by atoms with Gasteiger partial charge in [0.1, 0.15) is 23.2 Å². The number of carbonyl (C=O) groups excluding carboxylic acids is 1. The zero-order chi connectivity index (χ0) is 19.2. The highest BCUT2D eigenvalue weighted by Gasteiger charge is 2.23. The SMILES string of the molecule is CCNc1cc(N2CCN(C(=O)COc3ccccc3C)CC2)nc(C)n1. The first kappa shape index (κ1) is 18.9. The second kappa shape index (κ2) is 8.70. The molecule has 27 heavy (non-hydrogen) atoms. The lowest BCUT2D eigenvalue weighted by Crippen LogP contribution is -2.50. The number of aryl methyl sites for hydroxylation is 2. The standard InChI is InChI=1S/C20H27N5O2/c1-4-21-18-13-19(23-16(3)22-18)24-9-11-25(12-10-24)20(26)14-27-17-8-6-5-7-15(17)2/h5-8,13H,4,9-12,14H2,1-3H3,(H,21,22,23). The van der Waals surface area contributed by atoms with Crippen LogP contribution in [-0.2, 0) is 4.79 Å². The van der Waals surface area contributed by atoms with E-state index in [1.807, 2.05) is 56.0 Å². The fraction of sp³-hybridized carbons (Fsp3) is 0.450. The summed E-state index contributed by atoms with van der Waals surface area (Å²) in [5, 5.41) is 3.23. The summed E-state index contributed by atoms with van der Waals surface area (Å²) in [6.07, 6.45) is 0. The molecule has 3 rings (SSSR count).